The second kappa shape index (κ2) is 6.62. The largest absolute Gasteiger partial charge is 0.366 e. The lowest BCUT2D eigenvalue weighted by Crippen LogP contribution is -2.44. The van der Waals surface area contributed by atoms with Gasteiger partial charge in [-0.1, -0.05) is 19.3 Å². The van der Waals surface area contributed by atoms with Crippen LogP contribution in [0.5, 0.6) is 0 Å². The van der Waals surface area contributed by atoms with E-state index in [-0.39, 0.29) is 0 Å². The highest BCUT2D eigenvalue weighted by Crippen LogP contribution is 2.37. The van der Waals surface area contributed by atoms with Gasteiger partial charge in [-0.25, -0.2) is 4.98 Å². The van der Waals surface area contributed by atoms with Gasteiger partial charge in [0, 0.05) is 44.4 Å². The van der Waals surface area contributed by atoms with E-state index in [9.17, 15) is 0 Å². The first-order valence-electron chi connectivity index (χ1n) is 8.66. The average Bonchev–Trinajstić information content (AvgIpc) is 3.05. The van der Waals surface area contributed by atoms with Crippen LogP contribution < -0.4 is 15.5 Å². The van der Waals surface area contributed by atoms with Crippen LogP contribution in [0.2, 0.25) is 0 Å². The quantitative estimate of drug-likeness (QED) is 0.891. The van der Waals surface area contributed by atoms with E-state index in [1.807, 2.05) is 11.8 Å². The molecule has 2 N–H and O–H groups in total. The van der Waals surface area contributed by atoms with Crippen molar-refractivity contribution in [2.24, 2.45) is 0 Å². The molecule has 3 heterocycles. The molecule has 120 valence electrons. The van der Waals surface area contributed by atoms with E-state index in [4.69, 9.17) is 9.97 Å². The molecule has 0 spiro atoms. The summed E-state index contributed by atoms with van der Waals surface area (Å²) in [6.45, 7) is 4.07. The fourth-order valence-corrected chi connectivity index (χ4v) is 4.65. The van der Waals surface area contributed by atoms with Crippen LogP contribution in [0.3, 0.4) is 0 Å². The van der Waals surface area contributed by atoms with Crippen LogP contribution in [0.25, 0.3) is 0 Å². The molecule has 2 fully saturated rings. The van der Waals surface area contributed by atoms with E-state index in [1.165, 1.54) is 42.7 Å². The highest BCUT2D eigenvalue weighted by Gasteiger charge is 2.24. The van der Waals surface area contributed by atoms with Gasteiger partial charge in [-0.15, -0.1) is 11.8 Å². The first-order valence-corrected chi connectivity index (χ1v) is 9.64. The minimum atomic E-state index is 0.602. The molecule has 5 nitrogen and oxygen atoms in total. The van der Waals surface area contributed by atoms with Gasteiger partial charge in [0.25, 0.3) is 0 Å². The first-order chi connectivity index (χ1) is 10.9. The normalized spacial score (nSPS) is 22.6. The van der Waals surface area contributed by atoms with E-state index < -0.39 is 0 Å². The summed E-state index contributed by atoms with van der Waals surface area (Å²) in [7, 11) is 0. The number of anilines is 2. The van der Waals surface area contributed by atoms with Crippen molar-refractivity contribution in [3.05, 3.63) is 5.69 Å². The van der Waals surface area contributed by atoms with Crippen LogP contribution in [0.1, 0.15) is 37.8 Å². The smallest absolute Gasteiger partial charge is 0.227 e. The molecule has 1 aromatic rings. The average molecular weight is 319 g/mol. The minimum absolute atomic E-state index is 0.602. The Bertz CT molecular complexity index is 524. The summed E-state index contributed by atoms with van der Waals surface area (Å²) in [6.07, 6.45) is 7.74. The van der Waals surface area contributed by atoms with Gasteiger partial charge in [-0.3, -0.25) is 0 Å². The third-order valence-electron chi connectivity index (χ3n) is 4.86. The standard InChI is InChI=1S/C16H25N5S/c1-2-4-12(5-3-1)18-15-14-13(6-11-22-14)19-16(20-15)21-9-7-17-8-10-21/h12,17H,1-11H2,(H,18,19,20). The molecule has 0 aromatic carbocycles. The maximum atomic E-state index is 4.92. The molecule has 0 radical (unpaired) electrons. The van der Waals surface area contributed by atoms with Crippen molar-refractivity contribution >= 4 is 23.5 Å². The molecule has 3 aliphatic rings. The zero-order valence-electron chi connectivity index (χ0n) is 13.1. The van der Waals surface area contributed by atoms with E-state index in [1.54, 1.807) is 0 Å². The molecule has 6 heteroatoms. The fourth-order valence-electron chi connectivity index (χ4n) is 3.60. The maximum Gasteiger partial charge on any atom is 0.227 e. The molecule has 0 atom stereocenters. The van der Waals surface area contributed by atoms with Crippen molar-refractivity contribution in [2.75, 3.05) is 42.1 Å². The Morgan fingerprint density at radius 2 is 1.91 bits per heavy atom. The number of piperazine rings is 1. The SMILES string of the molecule is C1CCC(Nc2nc(N3CCNCC3)nc3c2SCC3)CC1. The Kier molecular flexibility index (Phi) is 4.39. The molecule has 4 rings (SSSR count). The second-order valence-electron chi connectivity index (χ2n) is 6.46. The Morgan fingerprint density at radius 1 is 1.09 bits per heavy atom. The summed E-state index contributed by atoms with van der Waals surface area (Å²) in [6, 6.07) is 0.602. The Labute approximate surface area is 136 Å². The lowest BCUT2D eigenvalue weighted by atomic mass is 9.95. The van der Waals surface area contributed by atoms with Gasteiger partial charge < -0.3 is 15.5 Å². The molecular formula is C16H25N5S. The highest BCUT2D eigenvalue weighted by atomic mass is 32.2. The first kappa shape index (κ1) is 14.6. The molecule has 2 aliphatic heterocycles. The molecule has 1 saturated heterocycles. The number of thioether (sulfide) groups is 1. The molecule has 22 heavy (non-hydrogen) atoms. The summed E-state index contributed by atoms with van der Waals surface area (Å²) < 4.78 is 0. The van der Waals surface area contributed by atoms with Crippen LogP contribution >= 0.6 is 11.8 Å². The second-order valence-corrected chi connectivity index (χ2v) is 7.57. The van der Waals surface area contributed by atoms with Gasteiger partial charge in [-0.05, 0) is 12.8 Å². The molecule has 1 aliphatic carbocycles. The van der Waals surface area contributed by atoms with Gasteiger partial charge in [0.05, 0.1) is 10.6 Å². The third kappa shape index (κ3) is 3.04. The zero-order chi connectivity index (χ0) is 14.8. The van der Waals surface area contributed by atoms with E-state index in [2.05, 4.69) is 15.5 Å². The van der Waals surface area contributed by atoms with Gasteiger partial charge in [0.15, 0.2) is 0 Å². The Hall–Kier alpha value is -1.01. The lowest BCUT2D eigenvalue weighted by molar-refractivity contribution is 0.461. The van der Waals surface area contributed by atoms with Crippen LogP contribution in [-0.2, 0) is 6.42 Å². The Balaban J connectivity index is 1.59. The monoisotopic (exact) mass is 319 g/mol. The van der Waals surface area contributed by atoms with Crippen molar-refractivity contribution in [3.63, 3.8) is 0 Å². The van der Waals surface area contributed by atoms with Crippen LogP contribution in [-0.4, -0.2) is 47.9 Å². The number of nitrogens with one attached hydrogen (secondary N) is 2. The summed E-state index contributed by atoms with van der Waals surface area (Å²) in [5, 5.41) is 7.15. The molecular weight excluding hydrogens is 294 g/mol. The third-order valence-corrected chi connectivity index (χ3v) is 5.98. The van der Waals surface area contributed by atoms with Crippen molar-refractivity contribution in [1.29, 1.82) is 0 Å². The van der Waals surface area contributed by atoms with E-state index in [0.717, 1.165) is 50.1 Å². The van der Waals surface area contributed by atoms with Crippen LogP contribution in [0.15, 0.2) is 4.90 Å². The van der Waals surface area contributed by atoms with E-state index in [0.29, 0.717) is 6.04 Å². The molecule has 1 saturated carbocycles. The van der Waals surface area contributed by atoms with Crippen molar-refractivity contribution in [2.45, 2.75) is 49.5 Å². The topological polar surface area (TPSA) is 53.1 Å². The highest BCUT2D eigenvalue weighted by molar-refractivity contribution is 7.99. The number of rotatable bonds is 3. The summed E-state index contributed by atoms with van der Waals surface area (Å²) >= 11 is 1.92. The maximum absolute atomic E-state index is 4.92. The molecule has 0 bridgehead atoms. The predicted octanol–water partition coefficient (Wildman–Crippen LogP) is 2.28. The number of hydrogen-bond donors (Lipinski definition) is 2. The van der Waals surface area contributed by atoms with Gasteiger partial charge in [-0.2, -0.15) is 4.98 Å². The van der Waals surface area contributed by atoms with E-state index >= 15 is 0 Å². The minimum Gasteiger partial charge on any atom is -0.366 e. The molecule has 1 aromatic heterocycles. The van der Waals surface area contributed by atoms with Gasteiger partial charge in [0.1, 0.15) is 5.82 Å². The van der Waals surface area contributed by atoms with Gasteiger partial charge >= 0.3 is 0 Å². The number of aromatic nitrogens is 2. The fraction of sp³-hybridized carbons (Fsp3) is 0.750. The van der Waals surface area contributed by atoms with Crippen molar-refractivity contribution in [3.8, 4) is 0 Å². The van der Waals surface area contributed by atoms with Gasteiger partial charge in [0.2, 0.25) is 5.95 Å². The number of fused-ring (bicyclic) bond motifs is 1. The predicted molar refractivity (Wildman–Crippen MR) is 92.0 cm³/mol. The summed E-state index contributed by atoms with van der Waals surface area (Å²) in [5.41, 5.74) is 1.26. The lowest BCUT2D eigenvalue weighted by Gasteiger charge is -2.29. The summed E-state index contributed by atoms with van der Waals surface area (Å²) in [4.78, 5) is 13.4. The van der Waals surface area contributed by atoms with Crippen molar-refractivity contribution in [1.82, 2.24) is 15.3 Å². The summed E-state index contributed by atoms with van der Waals surface area (Å²) in [5.74, 6) is 3.18. The van der Waals surface area contributed by atoms with Crippen LogP contribution in [0.4, 0.5) is 11.8 Å². The molecule has 0 amide bonds. The number of nitrogens with zero attached hydrogens (tertiary/aromatic N) is 3. The zero-order valence-corrected chi connectivity index (χ0v) is 13.9. The molecule has 0 unspecified atom stereocenters. The number of aryl methyl sites for hydroxylation is 1. The van der Waals surface area contributed by atoms with Crippen molar-refractivity contribution < 1.29 is 0 Å². The van der Waals surface area contributed by atoms with Crippen LogP contribution in [0, 0.1) is 0 Å². The Morgan fingerprint density at radius 3 is 2.73 bits per heavy atom. The number of hydrogen-bond acceptors (Lipinski definition) is 6.